The quantitative estimate of drug-likeness (QED) is 0.347. The van der Waals surface area contributed by atoms with Crippen molar-refractivity contribution >= 4 is 23.8 Å². The van der Waals surface area contributed by atoms with Crippen molar-refractivity contribution in [3.8, 4) is 0 Å². The summed E-state index contributed by atoms with van der Waals surface area (Å²) in [6.45, 7) is 9.83. The van der Waals surface area contributed by atoms with Gasteiger partial charge in [-0.25, -0.2) is 0 Å². The monoisotopic (exact) mass is 379 g/mol. The Labute approximate surface area is 160 Å². The standard InChI is InChI=1S/C20H29NO6/c1-5-13(11-26-16(23)10-12(3)4)17-18(20(25)27-19(17)24)14(6-2)21-9-7-8-15(21)22/h13-14,17-18H,3,5-11H2,1-2,4H3. The number of ether oxygens (including phenoxy) is 2. The van der Waals surface area contributed by atoms with Gasteiger partial charge in [-0.15, -0.1) is 0 Å². The van der Waals surface area contributed by atoms with Gasteiger partial charge in [0.25, 0.3) is 0 Å². The summed E-state index contributed by atoms with van der Waals surface area (Å²) < 4.78 is 10.3. The normalized spacial score (nSPS) is 24.7. The lowest BCUT2D eigenvalue weighted by atomic mass is 9.77. The number of carbonyl (C=O) groups excluding carboxylic acids is 4. The summed E-state index contributed by atoms with van der Waals surface area (Å²) in [7, 11) is 0. The van der Waals surface area contributed by atoms with Gasteiger partial charge in [0.15, 0.2) is 0 Å². The Hall–Kier alpha value is -2.18. The number of carbonyl (C=O) groups is 4. The van der Waals surface area contributed by atoms with Gasteiger partial charge in [-0.3, -0.25) is 19.2 Å². The molecule has 150 valence electrons. The molecule has 2 fully saturated rings. The number of rotatable bonds is 9. The van der Waals surface area contributed by atoms with E-state index >= 15 is 0 Å². The molecule has 0 aromatic carbocycles. The van der Waals surface area contributed by atoms with E-state index in [0.717, 1.165) is 6.42 Å². The summed E-state index contributed by atoms with van der Waals surface area (Å²) >= 11 is 0. The maximum absolute atomic E-state index is 12.5. The fraction of sp³-hybridized carbons (Fsp3) is 0.700. The third kappa shape index (κ3) is 4.76. The summed E-state index contributed by atoms with van der Waals surface area (Å²) in [5.74, 6) is -3.32. The van der Waals surface area contributed by atoms with Crippen LogP contribution in [0.3, 0.4) is 0 Å². The van der Waals surface area contributed by atoms with Crippen LogP contribution in [0.4, 0.5) is 0 Å². The first-order valence-corrected chi connectivity index (χ1v) is 9.65. The Balaban J connectivity index is 2.18. The molecule has 2 heterocycles. The highest BCUT2D eigenvalue weighted by Crippen LogP contribution is 2.38. The molecule has 7 heteroatoms. The van der Waals surface area contributed by atoms with Crippen LogP contribution in [-0.4, -0.2) is 47.9 Å². The largest absolute Gasteiger partial charge is 0.465 e. The van der Waals surface area contributed by atoms with E-state index in [0.29, 0.717) is 31.4 Å². The van der Waals surface area contributed by atoms with Crippen LogP contribution in [0.5, 0.6) is 0 Å². The van der Waals surface area contributed by atoms with Gasteiger partial charge in [0, 0.05) is 24.9 Å². The predicted octanol–water partition coefficient (Wildman–Crippen LogP) is 2.24. The van der Waals surface area contributed by atoms with Gasteiger partial charge in [0.05, 0.1) is 24.9 Å². The second-order valence-electron chi connectivity index (χ2n) is 7.44. The minimum atomic E-state index is -0.714. The van der Waals surface area contributed by atoms with Crippen molar-refractivity contribution in [2.75, 3.05) is 13.2 Å². The molecule has 0 aromatic rings. The number of hydrogen-bond donors (Lipinski definition) is 0. The molecule has 1 amide bonds. The van der Waals surface area contributed by atoms with Crippen molar-refractivity contribution < 1.29 is 28.7 Å². The fourth-order valence-electron chi connectivity index (χ4n) is 4.07. The maximum atomic E-state index is 12.5. The van der Waals surface area contributed by atoms with E-state index in [9.17, 15) is 19.2 Å². The molecule has 2 saturated heterocycles. The van der Waals surface area contributed by atoms with E-state index in [4.69, 9.17) is 9.47 Å². The van der Waals surface area contributed by atoms with Crippen LogP contribution < -0.4 is 0 Å². The molecular formula is C20H29NO6. The summed E-state index contributed by atoms with van der Waals surface area (Å²) in [5.41, 5.74) is 0.694. The van der Waals surface area contributed by atoms with E-state index in [1.54, 1.807) is 11.8 Å². The first kappa shape index (κ1) is 21.1. The Morgan fingerprint density at radius 1 is 1.22 bits per heavy atom. The summed E-state index contributed by atoms with van der Waals surface area (Å²) in [6, 6.07) is -0.371. The Morgan fingerprint density at radius 3 is 2.41 bits per heavy atom. The molecule has 0 saturated carbocycles. The molecule has 27 heavy (non-hydrogen) atoms. The topological polar surface area (TPSA) is 90.0 Å². The minimum Gasteiger partial charge on any atom is -0.465 e. The summed E-state index contributed by atoms with van der Waals surface area (Å²) in [6.07, 6.45) is 2.45. The van der Waals surface area contributed by atoms with Crippen LogP contribution in [0.25, 0.3) is 0 Å². The molecule has 2 aliphatic heterocycles. The zero-order chi connectivity index (χ0) is 20.1. The van der Waals surface area contributed by atoms with Gasteiger partial charge in [0.2, 0.25) is 5.91 Å². The molecule has 0 aliphatic carbocycles. The number of amides is 1. The molecule has 2 aliphatic rings. The van der Waals surface area contributed by atoms with Crippen molar-refractivity contribution in [2.24, 2.45) is 17.8 Å². The molecule has 0 spiro atoms. The van der Waals surface area contributed by atoms with Crippen molar-refractivity contribution in [3.63, 3.8) is 0 Å². The lowest BCUT2D eigenvalue weighted by Gasteiger charge is -2.34. The summed E-state index contributed by atoms with van der Waals surface area (Å²) in [5, 5.41) is 0. The van der Waals surface area contributed by atoms with Crippen LogP contribution in [-0.2, 0) is 28.7 Å². The first-order valence-electron chi connectivity index (χ1n) is 9.65. The van der Waals surface area contributed by atoms with Crippen LogP contribution in [0, 0.1) is 17.8 Å². The van der Waals surface area contributed by atoms with Crippen molar-refractivity contribution in [1.82, 2.24) is 4.90 Å². The third-order valence-corrected chi connectivity index (χ3v) is 5.41. The van der Waals surface area contributed by atoms with E-state index in [2.05, 4.69) is 6.58 Å². The average Bonchev–Trinajstić information content (AvgIpc) is 3.13. The molecule has 0 radical (unpaired) electrons. The number of nitrogens with zero attached hydrogens (tertiary/aromatic N) is 1. The molecular weight excluding hydrogens is 350 g/mol. The van der Waals surface area contributed by atoms with Gasteiger partial charge < -0.3 is 14.4 Å². The van der Waals surface area contributed by atoms with E-state index < -0.39 is 29.7 Å². The zero-order valence-corrected chi connectivity index (χ0v) is 16.4. The number of esters is 3. The van der Waals surface area contributed by atoms with Crippen LogP contribution >= 0.6 is 0 Å². The SMILES string of the molecule is C=C(C)CC(=O)OCC(CC)C1C(=O)OC(=O)C1C(CC)N1CCCC1=O. The van der Waals surface area contributed by atoms with E-state index in [-0.39, 0.29) is 30.9 Å². The second-order valence-corrected chi connectivity index (χ2v) is 7.44. The molecule has 0 bridgehead atoms. The highest BCUT2D eigenvalue weighted by atomic mass is 16.6. The number of likely N-dealkylation sites (tertiary alicyclic amines) is 1. The zero-order valence-electron chi connectivity index (χ0n) is 16.4. The van der Waals surface area contributed by atoms with E-state index in [1.165, 1.54) is 0 Å². The minimum absolute atomic E-state index is 0.00804. The Kier molecular flexibility index (Phi) is 7.16. The third-order valence-electron chi connectivity index (χ3n) is 5.41. The predicted molar refractivity (Wildman–Crippen MR) is 97.3 cm³/mol. The summed E-state index contributed by atoms with van der Waals surface area (Å²) in [4.78, 5) is 50.6. The van der Waals surface area contributed by atoms with Gasteiger partial charge in [-0.05, 0) is 26.2 Å². The molecule has 0 N–H and O–H groups in total. The molecule has 2 rings (SSSR count). The number of cyclic esters (lactones) is 2. The highest BCUT2D eigenvalue weighted by molar-refractivity contribution is 5.97. The second kappa shape index (κ2) is 9.15. The van der Waals surface area contributed by atoms with E-state index in [1.807, 2.05) is 13.8 Å². The highest BCUT2D eigenvalue weighted by Gasteiger charge is 2.53. The van der Waals surface area contributed by atoms with Gasteiger partial charge in [0.1, 0.15) is 0 Å². The van der Waals surface area contributed by atoms with Crippen molar-refractivity contribution in [1.29, 1.82) is 0 Å². The molecule has 0 aromatic heterocycles. The van der Waals surface area contributed by atoms with Crippen LogP contribution in [0.1, 0.15) is 52.9 Å². The van der Waals surface area contributed by atoms with Crippen molar-refractivity contribution in [2.45, 2.75) is 58.9 Å². The fourth-order valence-corrected chi connectivity index (χ4v) is 4.07. The van der Waals surface area contributed by atoms with Gasteiger partial charge in [-0.2, -0.15) is 0 Å². The van der Waals surface area contributed by atoms with Gasteiger partial charge in [-0.1, -0.05) is 26.0 Å². The lowest BCUT2D eigenvalue weighted by molar-refractivity contribution is -0.155. The smallest absolute Gasteiger partial charge is 0.319 e. The molecule has 7 nitrogen and oxygen atoms in total. The Morgan fingerprint density at radius 2 is 1.89 bits per heavy atom. The van der Waals surface area contributed by atoms with Gasteiger partial charge >= 0.3 is 17.9 Å². The van der Waals surface area contributed by atoms with Crippen LogP contribution in [0.15, 0.2) is 12.2 Å². The maximum Gasteiger partial charge on any atom is 0.319 e. The first-order chi connectivity index (χ1) is 12.8. The average molecular weight is 379 g/mol. The van der Waals surface area contributed by atoms with Crippen molar-refractivity contribution in [3.05, 3.63) is 12.2 Å². The number of hydrogen-bond acceptors (Lipinski definition) is 6. The molecule has 4 atom stereocenters. The lowest BCUT2D eigenvalue weighted by Crippen LogP contribution is -2.47. The molecule has 4 unspecified atom stereocenters. The van der Waals surface area contributed by atoms with Crippen LogP contribution in [0.2, 0.25) is 0 Å². The Bertz CT molecular complexity index is 628.